The Kier molecular flexibility index (Phi) is 7.71. The number of aromatic hydroxyl groups is 1. The number of rotatable bonds is 7. The van der Waals surface area contributed by atoms with Crippen LogP contribution >= 0.6 is 0 Å². The monoisotopic (exact) mass is 523 g/mol. The quantitative estimate of drug-likeness (QED) is 0.259. The minimum absolute atomic E-state index is 0.0635. The van der Waals surface area contributed by atoms with E-state index in [4.69, 9.17) is 4.65 Å². The van der Waals surface area contributed by atoms with Gasteiger partial charge in [-0.2, -0.15) is 0 Å². The number of amides is 4. The number of likely N-dealkylation sites (N-methyl/N-ethyl adjacent to an activating group) is 1. The molecule has 0 radical (unpaired) electrons. The smallest absolute Gasteiger partial charge is 0.526 e. The van der Waals surface area contributed by atoms with Crippen molar-refractivity contribution in [3.05, 3.63) is 47.5 Å². The van der Waals surface area contributed by atoms with E-state index in [2.05, 4.69) is 15.3 Å². The molecular weight excluding hydrogens is 497 g/mol. The van der Waals surface area contributed by atoms with E-state index < -0.39 is 42.6 Å². The van der Waals surface area contributed by atoms with Crippen LogP contribution in [0.2, 0.25) is 5.82 Å². The molecule has 0 aliphatic carbocycles. The average Bonchev–Trinajstić information content (AvgIpc) is 2.89. The third-order valence-corrected chi connectivity index (χ3v) is 6.51. The summed E-state index contributed by atoms with van der Waals surface area (Å²) in [6, 6.07) is 2.56. The number of fused-ring (bicyclic) bond motifs is 1. The fourth-order valence-corrected chi connectivity index (χ4v) is 4.45. The van der Waals surface area contributed by atoms with Crippen molar-refractivity contribution in [3.8, 4) is 11.5 Å². The van der Waals surface area contributed by atoms with Gasteiger partial charge in [-0.05, 0) is 31.9 Å². The Bertz CT molecular complexity index is 1290. The minimum Gasteiger partial charge on any atom is -0.535 e. The number of hydrogen-bond donors (Lipinski definition) is 3. The van der Waals surface area contributed by atoms with Gasteiger partial charge in [0.1, 0.15) is 11.8 Å². The first-order valence-electron chi connectivity index (χ1n) is 12.0. The van der Waals surface area contributed by atoms with Crippen molar-refractivity contribution in [2.75, 3.05) is 19.6 Å². The lowest BCUT2D eigenvalue weighted by atomic mass is 9.64. The van der Waals surface area contributed by atoms with Gasteiger partial charge in [-0.25, -0.2) is 14.8 Å². The summed E-state index contributed by atoms with van der Waals surface area (Å²) < 4.78 is 5.60. The molecule has 2 aliphatic heterocycles. The normalized spacial score (nSPS) is 18.0. The maximum Gasteiger partial charge on any atom is 0.526 e. The molecule has 14 heteroatoms. The number of imide groups is 1. The fraction of sp³-hybridized carbons (Fsp3) is 0.375. The molecule has 13 nitrogen and oxygen atoms in total. The number of piperazine rings is 1. The van der Waals surface area contributed by atoms with Crippen molar-refractivity contribution in [1.29, 1.82) is 0 Å². The lowest BCUT2D eigenvalue weighted by Gasteiger charge is -2.32. The largest absolute Gasteiger partial charge is 0.535 e. The molecule has 198 valence electrons. The highest BCUT2D eigenvalue weighted by Gasteiger charge is 2.41. The summed E-state index contributed by atoms with van der Waals surface area (Å²) in [6.07, 6.45) is 2.02. The second kappa shape index (κ2) is 11.0. The highest BCUT2D eigenvalue weighted by molar-refractivity contribution is 6.47. The highest BCUT2D eigenvalue weighted by atomic mass is 16.5. The van der Waals surface area contributed by atoms with Gasteiger partial charge in [-0.1, -0.05) is 12.1 Å². The van der Waals surface area contributed by atoms with Crippen molar-refractivity contribution >= 4 is 36.5 Å². The predicted octanol–water partition coefficient (Wildman–Crippen LogP) is 0.271. The van der Waals surface area contributed by atoms with E-state index in [1.54, 1.807) is 25.1 Å². The van der Waals surface area contributed by atoms with Crippen LogP contribution in [0, 0.1) is 0 Å². The van der Waals surface area contributed by atoms with Crippen molar-refractivity contribution in [1.82, 2.24) is 25.1 Å². The fourth-order valence-electron chi connectivity index (χ4n) is 4.45. The van der Waals surface area contributed by atoms with Crippen LogP contribution in [0.5, 0.6) is 11.5 Å². The zero-order chi connectivity index (χ0) is 27.6. The number of nitrogens with one attached hydrogen (secondary N) is 1. The number of hydrogen-bond acceptors (Lipinski definition) is 10. The Balaban J connectivity index is 1.54. The molecule has 0 spiro atoms. The second-order valence-electron chi connectivity index (χ2n) is 9.02. The van der Waals surface area contributed by atoms with E-state index in [0.29, 0.717) is 22.6 Å². The van der Waals surface area contributed by atoms with Gasteiger partial charge >= 0.3 is 25.0 Å². The summed E-state index contributed by atoms with van der Waals surface area (Å²) >= 11 is 0. The number of benzene rings is 1. The molecule has 3 N–H and O–H groups in total. The Morgan fingerprint density at radius 2 is 1.89 bits per heavy atom. The Hall–Kier alpha value is -4.33. The number of urea groups is 1. The van der Waals surface area contributed by atoms with E-state index in [1.165, 1.54) is 11.8 Å². The number of nitrogens with zero attached hydrogens (tertiary/aromatic N) is 4. The second-order valence-corrected chi connectivity index (χ2v) is 9.02. The zero-order valence-electron chi connectivity index (χ0n) is 20.8. The molecule has 2 aromatic rings. The van der Waals surface area contributed by atoms with Crippen LogP contribution in [0.25, 0.3) is 0 Å². The molecule has 2 atom stereocenters. The molecule has 2 aliphatic rings. The molecule has 1 fully saturated rings. The number of carbonyl (C=O) groups is 5. The SMILES string of the molecule is CCN1CCN(C(=O)NC(C(=O)C[C@H]2Cc3cccc(C(C)=O)c3OB2O)c2ncc(O)cn2)C(=O)C1=O. The summed E-state index contributed by atoms with van der Waals surface area (Å²) in [4.78, 5) is 72.9. The van der Waals surface area contributed by atoms with Gasteiger partial charge in [-0.15, -0.1) is 0 Å². The lowest BCUT2D eigenvalue weighted by molar-refractivity contribution is -0.153. The van der Waals surface area contributed by atoms with Crippen molar-refractivity contribution < 1.29 is 38.8 Å². The molecule has 1 saturated heterocycles. The van der Waals surface area contributed by atoms with Gasteiger partial charge < -0.3 is 25.0 Å². The number of Topliss-reactive ketones (excluding diaryl/α,β-unsaturated/α-hetero) is 2. The molecule has 1 unspecified atom stereocenters. The highest BCUT2D eigenvalue weighted by Crippen LogP contribution is 2.37. The number of para-hydroxylation sites is 1. The zero-order valence-corrected chi connectivity index (χ0v) is 20.8. The Morgan fingerprint density at radius 1 is 1.18 bits per heavy atom. The first-order chi connectivity index (χ1) is 18.1. The third-order valence-electron chi connectivity index (χ3n) is 6.51. The van der Waals surface area contributed by atoms with Crippen molar-refractivity contribution in [2.24, 2.45) is 0 Å². The van der Waals surface area contributed by atoms with Gasteiger partial charge in [-0.3, -0.25) is 24.1 Å². The summed E-state index contributed by atoms with van der Waals surface area (Å²) in [5, 5.41) is 22.6. The van der Waals surface area contributed by atoms with Crippen LogP contribution < -0.4 is 9.97 Å². The van der Waals surface area contributed by atoms with Crippen LogP contribution in [0.15, 0.2) is 30.6 Å². The maximum absolute atomic E-state index is 13.4. The molecule has 1 aromatic carbocycles. The number of aromatic nitrogens is 2. The molecule has 4 rings (SSSR count). The minimum atomic E-state index is -1.45. The van der Waals surface area contributed by atoms with Gasteiger partial charge in [0.25, 0.3) is 0 Å². The molecule has 0 saturated carbocycles. The first-order valence-corrected chi connectivity index (χ1v) is 12.0. The average molecular weight is 523 g/mol. The number of ketones is 2. The van der Waals surface area contributed by atoms with Crippen LogP contribution in [0.1, 0.15) is 48.1 Å². The molecular formula is C24H26BN5O8. The van der Waals surface area contributed by atoms with E-state index in [1.807, 2.05) is 0 Å². The summed E-state index contributed by atoms with van der Waals surface area (Å²) in [7, 11) is -1.41. The summed E-state index contributed by atoms with van der Waals surface area (Å²) in [5.74, 6) is -3.58. The topological polar surface area (TPSA) is 179 Å². The standard InChI is InChI=1S/C24H26BN5O8/c1-3-29-7-8-30(23(35)22(29)34)24(36)28-19(21-26-11-16(32)12-27-21)18(33)10-15-9-14-5-4-6-17(13(2)31)20(14)38-25(15)37/h4-6,11-12,15,19,32,37H,3,7-10H2,1-2H3,(H,28,36)/t15-,19?/m1/s1. The Labute approximate surface area is 217 Å². The van der Waals surface area contributed by atoms with E-state index in [9.17, 15) is 34.1 Å². The van der Waals surface area contributed by atoms with Crippen molar-refractivity contribution in [2.45, 2.75) is 38.5 Å². The van der Waals surface area contributed by atoms with Crippen LogP contribution in [-0.4, -0.2) is 86.1 Å². The van der Waals surface area contributed by atoms with Gasteiger partial charge in [0.2, 0.25) is 0 Å². The maximum atomic E-state index is 13.4. The molecule has 3 heterocycles. The van der Waals surface area contributed by atoms with Gasteiger partial charge in [0, 0.05) is 31.9 Å². The third kappa shape index (κ3) is 5.34. The van der Waals surface area contributed by atoms with Crippen LogP contribution in [0.4, 0.5) is 4.79 Å². The van der Waals surface area contributed by atoms with E-state index in [0.717, 1.165) is 12.4 Å². The molecule has 38 heavy (non-hydrogen) atoms. The van der Waals surface area contributed by atoms with E-state index in [-0.39, 0.29) is 49.0 Å². The van der Waals surface area contributed by atoms with E-state index >= 15 is 0 Å². The predicted molar refractivity (Wildman–Crippen MR) is 131 cm³/mol. The first kappa shape index (κ1) is 26.7. The van der Waals surface area contributed by atoms with Gasteiger partial charge in [0.15, 0.2) is 23.1 Å². The molecule has 4 amide bonds. The molecule has 0 bridgehead atoms. The Morgan fingerprint density at radius 3 is 2.55 bits per heavy atom. The van der Waals surface area contributed by atoms with Gasteiger partial charge in [0.05, 0.1) is 18.0 Å². The summed E-state index contributed by atoms with van der Waals surface area (Å²) in [6.45, 7) is 3.49. The van der Waals surface area contributed by atoms with Crippen LogP contribution in [-0.2, 0) is 20.8 Å². The summed E-state index contributed by atoms with van der Waals surface area (Å²) in [5.41, 5.74) is 0.955. The number of carbonyl (C=O) groups excluding carboxylic acids is 5. The molecule has 1 aromatic heterocycles. The van der Waals surface area contributed by atoms with Crippen molar-refractivity contribution in [3.63, 3.8) is 0 Å². The van der Waals surface area contributed by atoms with Crippen LogP contribution in [0.3, 0.4) is 0 Å². The lowest BCUT2D eigenvalue weighted by Crippen LogP contribution is -2.58.